The van der Waals surface area contributed by atoms with Gasteiger partial charge in [0.15, 0.2) is 5.96 Å². The van der Waals surface area contributed by atoms with E-state index in [0.717, 1.165) is 57.3 Å². The van der Waals surface area contributed by atoms with Crippen molar-refractivity contribution in [1.82, 2.24) is 10.6 Å². The van der Waals surface area contributed by atoms with Gasteiger partial charge in [-0.25, -0.2) is 0 Å². The van der Waals surface area contributed by atoms with Crippen LogP contribution in [-0.2, 0) is 4.74 Å². The van der Waals surface area contributed by atoms with Crippen molar-refractivity contribution >= 4 is 52.5 Å². The first kappa shape index (κ1) is 24.1. The predicted molar refractivity (Wildman–Crippen MR) is 135 cm³/mol. The van der Waals surface area contributed by atoms with E-state index in [1.807, 2.05) is 24.9 Å². The van der Waals surface area contributed by atoms with E-state index < -0.39 is 0 Å². The predicted octanol–water partition coefficient (Wildman–Crippen LogP) is 4.30. The van der Waals surface area contributed by atoms with E-state index in [-0.39, 0.29) is 28.7 Å². The zero-order chi connectivity index (χ0) is 19.7. The number of guanidine groups is 1. The molecule has 0 saturated carbocycles. The van der Waals surface area contributed by atoms with Crippen molar-refractivity contribution < 1.29 is 9.47 Å². The fourth-order valence-corrected chi connectivity index (χ4v) is 4.18. The molecule has 3 rings (SSSR count). The number of nitrogens with one attached hydrogen (secondary N) is 2. The minimum absolute atomic E-state index is 0. The summed E-state index contributed by atoms with van der Waals surface area (Å²) in [4.78, 5) is 4.34. The average Bonchev–Trinajstić information content (AvgIpc) is 2.76. The van der Waals surface area contributed by atoms with Crippen molar-refractivity contribution in [1.29, 1.82) is 0 Å². The number of aliphatic imine (C=N–C) groups is 1. The summed E-state index contributed by atoms with van der Waals surface area (Å²) in [5.74, 6) is 1.77. The Kier molecular flexibility index (Phi) is 10.4. The maximum Gasteiger partial charge on any atom is 0.191 e. The third-order valence-corrected chi connectivity index (χ3v) is 6.66. The molecule has 2 aromatic rings. The SMILES string of the molecule is CN=C(NCCCOc1ccc2ccccc2c1)NCC1(SC)CCOCC1.I. The molecule has 2 aromatic carbocycles. The number of benzene rings is 2. The lowest BCUT2D eigenvalue weighted by Crippen LogP contribution is -2.48. The molecule has 0 aromatic heterocycles. The lowest BCUT2D eigenvalue weighted by atomic mass is 9.99. The molecular weight excluding hydrogens is 497 g/mol. The normalized spacial score (nSPS) is 16.1. The average molecular weight is 529 g/mol. The monoisotopic (exact) mass is 529 g/mol. The van der Waals surface area contributed by atoms with Crippen molar-refractivity contribution in [3.63, 3.8) is 0 Å². The van der Waals surface area contributed by atoms with Gasteiger partial charge in [0.2, 0.25) is 0 Å². The zero-order valence-corrected chi connectivity index (χ0v) is 20.4. The number of fused-ring (bicyclic) bond motifs is 1. The molecule has 1 saturated heterocycles. The number of hydrogen-bond acceptors (Lipinski definition) is 4. The molecule has 0 bridgehead atoms. The molecule has 29 heavy (non-hydrogen) atoms. The number of nitrogens with zero attached hydrogens (tertiary/aromatic N) is 1. The van der Waals surface area contributed by atoms with Crippen LogP contribution in [0.25, 0.3) is 10.8 Å². The van der Waals surface area contributed by atoms with Crippen LogP contribution in [0, 0.1) is 0 Å². The summed E-state index contributed by atoms with van der Waals surface area (Å²) in [7, 11) is 1.82. The third kappa shape index (κ3) is 7.22. The van der Waals surface area contributed by atoms with E-state index in [4.69, 9.17) is 9.47 Å². The molecule has 1 fully saturated rings. The van der Waals surface area contributed by atoms with E-state index in [9.17, 15) is 0 Å². The number of halogens is 1. The smallest absolute Gasteiger partial charge is 0.191 e. The lowest BCUT2D eigenvalue weighted by molar-refractivity contribution is 0.0783. The Hall–Kier alpha value is -1.19. The standard InChI is InChI=1S/C22H31N3O2S.HI/c1-23-21(25-17-22(28-2)10-14-26-15-11-22)24-12-5-13-27-20-9-8-18-6-3-4-7-19(18)16-20;/h3-4,6-9,16H,5,10-15,17H2,1-2H3,(H2,23,24,25);1H. The van der Waals surface area contributed by atoms with Crippen LogP contribution in [-0.4, -0.2) is 56.9 Å². The molecule has 5 nitrogen and oxygen atoms in total. The second-order valence-electron chi connectivity index (χ2n) is 7.06. The highest BCUT2D eigenvalue weighted by atomic mass is 127. The van der Waals surface area contributed by atoms with Crippen molar-refractivity contribution in [2.45, 2.75) is 24.0 Å². The van der Waals surface area contributed by atoms with Crippen LogP contribution in [0.1, 0.15) is 19.3 Å². The molecule has 0 aliphatic carbocycles. The van der Waals surface area contributed by atoms with Gasteiger partial charge in [-0.1, -0.05) is 30.3 Å². The molecule has 1 aliphatic heterocycles. The number of hydrogen-bond donors (Lipinski definition) is 2. The Morgan fingerprint density at radius 1 is 1.14 bits per heavy atom. The molecule has 1 aliphatic rings. The van der Waals surface area contributed by atoms with Gasteiger partial charge in [-0.2, -0.15) is 11.8 Å². The fraction of sp³-hybridized carbons (Fsp3) is 0.500. The Morgan fingerprint density at radius 2 is 1.90 bits per heavy atom. The number of ether oxygens (including phenoxy) is 2. The molecular formula is C22H32IN3O2S. The highest BCUT2D eigenvalue weighted by Gasteiger charge is 2.31. The molecule has 160 valence electrons. The van der Waals surface area contributed by atoms with E-state index in [1.54, 1.807) is 0 Å². The highest BCUT2D eigenvalue weighted by Crippen LogP contribution is 2.32. The van der Waals surface area contributed by atoms with E-state index >= 15 is 0 Å². The van der Waals surface area contributed by atoms with Crippen LogP contribution in [0.4, 0.5) is 0 Å². The third-order valence-electron chi connectivity index (χ3n) is 5.24. The molecule has 2 N–H and O–H groups in total. The summed E-state index contributed by atoms with van der Waals surface area (Å²) in [5.41, 5.74) is 0. The van der Waals surface area contributed by atoms with Crippen LogP contribution >= 0.6 is 35.7 Å². The van der Waals surface area contributed by atoms with E-state index in [0.29, 0.717) is 6.61 Å². The molecule has 0 radical (unpaired) electrons. The lowest BCUT2D eigenvalue weighted by Gasteiger charge is -2.36. The van der Waals surface area contributed by atoms with Gasteiger partial charge in [0.05, 0.1) is 6.61 Å². The largest absolute Gasteiger partial charge is 0.494 e. The Bertz CT molecular complexity index is 781. The zero-order valence-electron chi connectivity index (χ0n) is 17.3. The van der Waals surface area contributed by atoms with Gasteiger partial charge >= 0.3 is 0 Å². The summed E-state index contributed by atoms with van der Waals surface area (Å²) in [6, 6.07) is 14.6. The van der Waals surface area contributed by atoms with Gasteiger partial charge in [-0.05, 0) is 48.4 Å². The van der Waals surface area contributed by atoms with Gasteiger partial charge in [0.1, 0.15) is 5.75 Å². The molecule has 7 heteroatoms. The van der Waals surface area contributed by atoms with E-state index in [2.05, 4.69) is 58.3 Å². The first-order chi connectivity index (χ1) is 13.7. The summed E-state index contributed by atoms with van der Waals surface area (Å²) in [6.07, 6.45) is 5.26. The maximum atomic E-state index is 5.90. The molecule has 0 unspecified atom stereocenters. The van der Waals surface area contributed by atoms with Crippen LogP contribution in [0.2, 0.25) is 0 Å². The Labute approximate surface area is 195 Å². The van der Waals surface area contributed by atoms with Crippen LogP contribution in [0.3, 0.4) is 0 Å². The van der Waals surface area contributed by atoms with Gasteiger partial charge in [-0.15, -0.1) is 24.0 Å². The second-order valence-corrected chi connectivity index (χ2v) is 8.34. The summed E-state index contributed by atoms with van der Waals surface area (Å²) in [5, 5.41) is 9.31. The topological polar surface area (TPSA) is 54.9 Å². The molecule has 0 atom stereocenters. The minimum atomic E-state index is 0. The first-order valence-corrected chi connectivity index (χ1v) is 11.2. The van der Waals surface area contributed by atoms with Crippen molar-refractivity contribution in [2.75, 3.05) is 46.2 Å². The molecule has 1 heterocycles. The van der Waals surface area contributed by atoms with Crippen LogP contribution < -0.4 is 15.4 Å². The Balaban J connectivity index is 0.00000300. The highest BCUT2D eigenvalue weighted by molar-refractivity contribution is 14.0. The quantitative estimate of drug-likeness (QED) is 0.231. The number of thioether (sulfide) groups is 1. The van der Waals surface area contributed by atoms with Crippen LogP contribution in [0.5, 0.6) is 5.75 Å². The molecule has 0 amide bonds. The fourth-order valence-electron chi connectivity index (χ4n) is 3.39. The van der Waals surface area contributed by atoms with Crippen molar-refractivity contribution in [3.8, 4) is 5.75 Å². The molecule has 0 spiro atoms. The van der Waals surface area contributed by atoms with Gasteiger partial charge in [0.25, 0.3) is 0 Å². The summed E-state index contributed by atoms with van der Waals surface area (Å²) < 4.78 is 11.7. The summed E-state index contributed by atoms with van der Waals surface area (Å²) >= 11 is 1.93. The second kappa shape index (κ2) is 12.5. The van der Waals surface area contributed by atoms with Gasteiger partial charge < -0.3 is 20.1 Å². The van der Waals surface area contributed by atoms with Crippen molar-refractivity contribution in [3.05, 3.63) is 42.5 Å². The minimum Gasteiger partial charge on any atom is -0.494 e. The van der Waals surface area contributed by atoms with Gasteiger partial charge in [0, 0.05) is 38.1 Å². The first-order valence-electron chi connectivity index (χ1n) is 9.94. The maximum absolute atomic E-state index is 5.90. The van der Waals surface area contributed by atoms with Gasteiger partial charge in [-0.3, -0.25) is 4.99 Å². The Morgan fingerprint density at radius 3 is 2.62 bits per heavy atom. The van der Waals surface area contributed by atoms with Crippen molar-refractivity contribution in [2.24, 2.45) is 4.99 Å². The number of rotatable bonds is 8. The van der Waals surface area contributed by atoms with Crippen LogP contribution in [0.15, 0.2) is 47.5 Å². The summed E-state index contributed by atoms with van der Waals surface area (Å²) in [6.45, 7) is 4.10. The van der Waals surface area contributed by atoms with E-state index in [1.165, 1.54) is 10.8 Å².